The fourth-order valence-corrected chi connectivity index (χ4v) is 2.37. The summed E-state index contributed by atoms with van der Waals surface area (Å²) < 4.78 is 31.7. The molecule has 116 valence electrons. The lowest BCUT2D eigenvalue weighted by molar-refractivity contribution is -0.125. The Morgan fingerprint density at radius 3 is 2.81 bits per heavy atom. The second kappa shape index (κ2) is 6.72. The average Bonchev–Trinajstić information content (AvgIpc) is 2.76. The molecule has 1 aromatic heterocycles. The van der Waals surface area contributed by atoms with Gasteiger partial charge in [-0.15, -0.1) is 11.6 Å². The molecule has 2 heterocycles. The molecule has 21 heavy (non-hydrogen) atoms. The van der Waals surface area contributed by atoms with Gasteiger partial charge in [-0.05, 0) is 0 Å². The Kier molecular flexibility index (Phi) is 5.18. The van der Waals surface area contributed by atoms with Crippen LogP contribution in [0.2, 0.25) is 0 Å². The van der Waals surface area contributed by atoms with Gasteiger partial charge >= 0.3 is 0 Å². The lowest BCUT2D eigenvalue weighted by atomic mass is 10.2. The van der Waals surface area contributed by atoms with E-state index in [1.54, 1.807) is 0 Å². The van der Waals surface area contributed by atoms with Gasteiger partial charge in [-0.1, -0.05) is 11.6 Å². The Hall–Kier alpha value is -1.18. The van der Waals surface area contributed by atoms with Crippen molar-refractivity contribution in [3.63, 3.8) is 0 Å². The molecule has 1 aliphatic heterocycles. The van der Waals surface area contributed by atoms with Crippen LogP contribution in [0.4, 0.5) is 14.5 Å². The maximum Gasteiger partial charge on any atom is 0.286 e. The number of anilines is 1. The third-order valence-electron chi connectivity index (χ3n) is 2.95. The number of hydrogen-bond donors (Lipinski definition) is 1. The first-order valence-corrected chi connectivity index (χ1v) is 7.00. The highest BCUT2D eigenvalue weighted by Crippen LogP contribution is 2.28. The first kappa shape index (κ1) is 16.2. The number of rotatable bonds is 4. The van der Waals surface area contributed by atoms with Crippen LogP contribution >= 0.6 is 23.2 Å². The highest BCUT2D eigenvalue weighted by Gasteiger charge is 2.36. The Bertz CT molecular complexity index is 586. The minimum Gasteiger partial charge on any atom is -0.348 e. The smallest absolute Gasteiger partial charge is 0.286 e. The number of nitrogens with zero attached hydrogens (tertiary/aromatic N) is 1. The van der Waals surface area contributed by atoms with Crippen molar-refractivity contribution in [2.45, 2.75) is 30.0 Å². The van der Waals surface area contributed by atoms with Crippen LogP contribution in [0.1, 0.15) is 6.42 Å². The molecule has 0 saturated carbocycles. The number of aryl methyl sites for hydroxylation is 1. The maximum atomic E-state index is 13.4. The van der Waals surface area contributed by atoms with Crippen molar-refractivity contribution in [3.8, 4) is 0 Å². The van der Waals surface area contributed by atoms with Gasteiger partial charge in [0, 0.05) is 18.7 Å². The van der Waals surface area contributed by atoms with Crippen LogP contribution in [0.3, 0.4) is 0 Å². The normalized spacial score (nSPS) is 25.0. The summed E-state index contributed by atoms with van der Waals surface area (Å²) in [5, 5.41) is 1.89. The van der Waals surface area contributed by atoms with Crippen molar-refractivity contribution >= 4 is 34.8 Å². The Balaban J connectivity index is 2.12. The standard InChI is InChI=1S/C12H12Cl2F2N2O3/c13-7-4-9(21-10(7)14)11(19)17-6-3-8(16)12(20)18(5-6)2-1-15/h3,5,7,9-10H,1-2,4H2,(H,17,19). The molecule has 0 spiro atoms. The molecule has 2 rings (SSSR count). The molecule has 0 aliphatic carbocycles. The fourth-order valence-electron chi connectivity index (χ4n) is 1.93. The van der Waals surface area contributed by atoms with E-state index in [0.717, 1.165) is 16.8 Å². The molecule has 1 saturated heterocycles. The van der Waals surface area contributed by atoms with Crippen molar-refractivity contribution in [1.29, 1.82) is 0 Å². The number of carbonyl (C=O) groups is 1. The third-order valence-corrected chi connectivity index (χ3v) is 3.89. The number of halogens is 4. The molecule has 9 heteroatoms. The van der Waals surface area contributed by atoms with E-state index >= 15 is 0 Å². The summed E-state index contributed by atoms with van der Waals surface area (Å²) in [6.45, 7) is -1.13. The quantitative estimate of drug-likeness (QED) is 0.851. The van der Waals surface area contributed by atoms with Crippen LogP contribution < -0.4 is 10.9 Å². The third kappa shape index (κ3) is 3.72. The molecule has 0 bridgehead atoms. The minimum absolute atomic E-state index is 0.0262. The first-order valence-electron chi connectivity index (χ1n) is 6.12. The number of pyridine rings is 1. The zero-order chi connectivity index (χ0) is 15.6. The molecular formula is C12H12Cl2F2N2O3. The summed E-state index contributed by atoms with van der Waals surface area (Å²) in [6, 6.07) is 0.861. The number of ether oxygens (including phenoxy) is 1. The van der Waals surface area contributed by atoms with Crippen molar-refractivity contribution in [2.75, 3.05) is 12.0 Å². The zero-order valence-electron chi connectivity index (χ0n) is 10.7. The first-order chi connectivity index (χ1) is 9.92. The molecule has 3 atom stereocenters. The van der Waals surface area contributed by atoms with Crippen LogP contribution in [0.5, 0.6) is 0 Å². The van der Waals surface area contributed by atoms with E-state index in [2.05, 4.69) is 5.32 Å². The van der Waals surface area contributed by atoms with Gasteiger partial charge in [-0.3, -0.25) is 9.59 Å². The predicted molar refractivity (Wildman–Crippen MR) is 74.0 cm³/mol. The number of carbonyl (C=O) groups excluding carboxylic acids is 1. The van der Waals surface area contributed by atoms with Crippen LogP contribution in [0.25, 0.3) is 0 Å². The van der Waals surface area contributed by atoms with Crippen LogP contribution in [0, 0.1) is 5.82 Å². The molecule has 3 unspecified atom stereocenters. The van der Waals surface area contributed by atoms with Crippen LogP contribution in [-0.4, -0.2) is 34.2 Å². The summed E-state index contributed by atoms with van der Waals surface area (Å²) >= 11 is 11.6. The number of nitrogens with one attached hydrogen (secondary N) is 1. The molecule has 5 nitrogen and oxygen atoms in total. The number of alkyl halides is 3. The second-order valence-electron chi connectivity index (χ2n) is 4.48. The lowest BCUT2D eigenvalue weighted by Gasteiger charge is -2.12. The SMILES string of the molecule is O=C(Nc1cc(F)c(=O)n(CCF)c1)C1CC(Cl)C(Cl)O1. The summed E-state index contributed by atoms with van der Waals surface area (Å²) in [7, 11) is 0. The zero-order valence-corrected chi connectivity index (χ0v) is 12.2. The van der Waals surface area contributed by atoms with E-state index < -0.39 is 41.0 Å². The fraction of sp³-hybridized carbons (Fsp3) is 0.500. The highest BCUT2D eigenvalue weighted by atomic mass is 35.5. The number of hydrogen-bond acceptors (Lipinski definition) is 3. The number of aromatic nitrogens is 1. The average molecular weight is 341 g/mol. The Morgan fingerprint density at radius 2 is 2.24 bits per heavy atom. The summed E-state index contributed by atoms with van der Waals surface area (Å²) in [5.41, 5.74) is -1.71. The van der Waals surface area contributed by atoms with Gasteiger partial charge in [-0.2, -0.15) is 0 Å². The van der Waals surface area contributed by atoms with E-state index in [9.17, 15) is 18.4 Å². The summed E-state index contributed by atoms with van der Waals surface area (Å²) in [4.78, 5) is 23.3. The summed E-state index contributed by atoms with van der Waals surface area (Å²) in [5.74, 6) is -1.65. The van der Waals surface area contributed by atoms with Crippen molar-refractivity contribution < 1.29 is 18.3 Å². The minimum atomic E-state index is -1.08. The predicted octanol–water partition coefficient (Wildman–Crippen LogP) is 1.86. The van der Waals surface area contributed by atoms with E-state index in [1.165, 1.54) is 0 Å². The molecule has 0 radical (unpaired) electrons. The van der Waals surface area contributed by atoms with Gasteiger partial charge in [0.15, 0.2) is 5.82 Å². The maximum absolute atomic E-state index is 13.4. The summed E-state index contributed by atoms with van der Waals surface area (Å²) in [6.07, 6.45) is 0.516. The molecule has 0 aromatic carbocycles. The Morgan fingerprint density at radius 1 is 1.52 bits per heavy atom. The lowest BCUT2D eigenvalue weighted by Crippen LogP contribution is -2.29. The van der Waals surface area contributed by atoms with E-state index in [4.69, 9.17) is 27.9 Å². The van der Waals surface area contributed by atoms with Gasteiger partial charge < -0.3 is 14.6 Å². The number of amides is 1. The molecule has 1 aromatic rings. The topological polar surface area (TPSA) is 60.3 Å². The van der Waals surface area contributed by atoms with Crippen molar-refractivity contribution in [3.05, 3.63) is 28.4 Å². The molecule has 1 aliphatic rings. The molecule has 1 amide bonds. The second-order valence-corrected chi connectivity index (χ2v) is 5.47. The molecule has 1 N–H and O–H groups in total. The Labute approximate surface area is 128 Å². The van der Waals surface area contributed by atoms with Gasteiger partial charge in [0.2, 0.25) is 0 Å². The van der Waals surface area contributed by atoms with Gasteiger partial charge in [0.05, 0.1) is 17.6 Å². The van der Waals surface area contributed by atoms with Gasteiger partial charge in [0.1, 0.15) is 18.3 Å². The van der Waals surface area contributed by atoms with E-state index in [-0.39, 0.29) is 18.7 Å². The monoisotopic (exact) mass is 340 g/mol. The highest BCUT2D eigenvalue weighted by molar-refractivity contribution is 6.30. The van der Waals surface area contributed by atoms with E-state index in [1.807, 2.05) is 0 Å². The van der Waals surface area contributed by atoms with E-state index in [0.29, 0.717) is 0 Å². The van der Waals surface area contributed by atoms with Crippen molar-refractivity contribution in [1.82, 2.24) is 4.57 Å². The van der Waals surface area contributed by atoms with Crippen LogP contribution in [0.15, 0.2) is 17.1 Å². The molecule has 1 fully saturated rings. The van der Waals surface area contributed by atoms with Gasteiger partial charge in [-0.25, -0.2) is 8.78 Å². The molecular weight excluding hydrogens is 329 g/mol. The van der Waals surface area contributed by atoms with Crippen molar-refractivity contribution in [2.24, 2.45) is 0 Å². The largest absolute Gasteiger partial charge is 0.348 e. The van der Waals surface area contributed by atoms with Crippen LogP contribution in [-0.2, 0) is 16.1 Å². The van der Waals surface area contributed by atoms with Gasteiger partial charge in [0.25, 0.3) is 11.5 Å².